The monoisotopic (exact) mass is 277 g/mol. The second-order valence-electron chi connectivity index (χ2n) is 4.24. The van der Waals surface area contributed by atoms with Crippen LogP contribution < -0.4 is 4.74 Å². The summed E-state index contributed by atoms with van der Waals surface area (Å²) in [5.74, 6) is 1.32. The van der Waals surface area contributed by atoms with Gasteiger partial charge in [-0.1, -0.05) is 24.6 Å². The molecule has 0 bridgehead atoms. The molecule has 19 heavy (non-hydrogen) atoms. The number of pyridine rings is 1. The number of nitrogens with zero attached hydrogens (tertiary/aromatic N) is 3. The predicted molar refractivity (Wildman–Crippen MR) is 74.8 cm³/mol. The predicted octanol–water partition coefficient (Wildman–Crippen LogP) is 3.00. The van der Waals surface area contributed by atoms with Crippen molar-refractivity contribution in [3.63, 3.8) is 0 Å². The average Bonchev–Trinajstić information content (AvgIpc) is 2.43. The van der Waals surface area contributed by atoms with Gasteiger partial charge in [-0.3, -0.25) is 0 Å². The van der Waals surface area contributed by atoms with Gasteiger partial charge < -0.3 is 4.74 Å². The van der Waals surface area contributed by atoms with Crippen LogP contribution in [0.15, 0.2) is 18.3 Å². The van der Waals surface area contributed by atoms with E-state index in [0.29, 0.717) is 17.5 Å². The summed E-state index contributed by atoms with van der Waals surface area (Å²) in [7, 11) is 1.60. The maximum Gasteiger partial charge on any atom is 0.212 e. The number of halogens is 1. The van der Waals surface area contributed by atoms with Crippen molar-refractivity contribution >= 4 is 11.6 Å². The van der Waals surface area contributed by atoms with E-state index in [-0.39, 0.29) is 0 Å². The molecule has 0 amide bonds. The molecule has 0 aromatic carbocycles. The Labute approximate surface area is 117 Å². The molecule has 2 aromatic heterocycles. The summed E-state index contributed by atoms with van der Waals surface area (Å²) in [4.78, 5) is 13.0. The van der Waals surface area contributed by atoms with Crippen LogP contribution in [-0.2, 0) is 12.8 Å². The van der Waals surface area contributed by atoms with Gasteiger partial charge in [0.1, 0.15) is 11.0 Å². The van der Waals surface area contributed by atoms with E-state index in [1.54, 1.807) is 13.3 Å². The second kappa shape index (κ2) is 5.97. The smallest absolute Gasteiger partial charge is 0.212 e. The van der Waals surface area contributed by atoms with Crippen LogP contribution in [0.1, 0.15) is 29.6 Å². The van der Waals surface area contributed by atoms with E-state index < -0.39 is 0 Å². The van der Waals surface area contributed by atoms with Gasteiger partial charge >= 0.3 is 0 Å². The molecule has 0 aliphatic heterocycles. The number of hydrogen-bond acceptors (Lipinski definition) is 4. The molecule has 0 fully saturated rings. The number of aryl methyl sites for hydroxylation is 1. The molecule has 2 heterocycles. The third kappa shape index (κ3) is 3.20. The normalized spacial score (nSPS) is 10.5. The highest BCUT2D eigenvalue weighted by molar-refractivity contribution is 6.30. The Bertz CT molecular complexity index is 570. The average molecular weight is 278 g/mol. The zero-order valence-electron chi connectivity index (χ0n) is 11.3. The van der Waals surface area contributed by atoms with Crippen molar-refractivity contribution < 1.29 is 4.74 Å². The first-order valence-electron chi connectivity index (χ1n) is 6.14. The van der Waals surface area contributed by atoms with Crippen molar-refractivity contribution in [2.24, 2.45) is 0 Å². The van der Waals surface area contributed by atoms with Crippen LogP contribution in [-0.4, -0.2) is 22.1 Å². The molecule has 0 saturated heterocycles. The van der Waals surface area contributed by atoms with E-state index in [1.165, 1.54) is 0 Å². The number of ether oxygens (including phenoxy) is 1. The lowest BCUT2D eigenvalue weighted by Gasteiger charge is -2.08. The number of hydrogen-bond donors (Lipinski definition) is 0. The zero-order valence-corrected chi connectivity index (χ0v) is 12.0. The van der Waals surface area contributed by atoms with Gasteiger partial charge in [-0.15, -0.1) is 0 Å². The summed E-state index contributed by atoms with van der Waals surface area (Å²) in [5.41, 5.74) is 2.99. The standard InChI is InChI=1S/C14H16ClN3O/c1-4-11-9(2)14(15)18-12(17-11)7-10-5-6-13(19-3)16-8-10/h5-6,8H,4,7H2,1-3H3. The highest BCUT2D eigenvalue weighted by Crippen LogP contribution is 2.18. The third-order valence-corrected chi connectivity index (χ3v) is 3.31. The maximum atomic E-state index is 6.12. The molecule has 0 radical (unpaired) electrons. The Morgan fingerprint density at radius 3 is 2.63 bits per heavy atom. The molecule has 0 unspecified atom stereocenters. The molecular formula is C14H16ClN3O. The number of rotatable bonds is 4. The molecule has 0 N–H and O–H groups in total. The van der Waals surface area contributed by atoms with Crippen LogP contribution in [0.25, 0.3) is 0 Å². The topological polar surface area (TPSA) is 47.9 Å². The summed E-state index contributed by atoms with van der Waals surface area (Å²) in [5, 5.41) is 0.531. The fraction of sp³-hybridized carbons (Fsp3) is 0.357. The van der Waals surface area contributed by atoms with E-state index in [4.69, 9.17) is 16.3 Å². The van der Waals surface area contributed by atoms with Crippen molar-refractivity contribution in [3.05, 3.63) is 46.1 Å². The summed E-state index contributed by atoms with van der Waals surface area (Å²) in [6.45, 7) is 4.00. The Morgan fingerprint density at radius 1 is 1.26 bits per heavy atom. The van der Waals surface area contributed by atoms with Crippen molar-refractivity contribution in [3.8, 4) is 5.88 Å². The van der Waals surface area contributed by atoms with Crippen LogP contribution in [0.5, 0.6) is 5.88 Å². The van der Waals surface area contributed by atoms with E-state index in [0.717, 1.165) is 29.1 Å². The van der Waals surface area contributed by atoms with Gasteiger partial charge in [0.25, 0.3) is 0 Å². The maximum absolute atomic E-state index is 6.12. The lowest BCUT2D eigenvalue weighted by molar-refractivity contribution is 0.397. The van der Waals surface area contributed by atoms with Crippen LogP contribution in [0.2, 0.25) is 5.15 Å². The Balaban J connectivity index is 2.25. The van der Waals surface area contributed by atoms with Gasteiger partial charge in [-0.2, -0.15) is 0 Å². The molecule has 0 aliphatic carbocycles. The first kappa shape index (κ1) is 13.7. The van der Waals surface area contributed by atoms with Gasteiger partial charge in [0, 0.05) is 29.9 Å². The fourth-order valence-corrected chi connectivity index (χ4v) is 2.03. The van der Waals surface area contributed by atoms with E-state index >= 15 is 0 Å². The summed E-state index contributed by atoms with van der Waals surface area (Å²) in [6.07, 6.45) is 3.23. The van der Waals surface area contributed by atoms with Crippen molar-refractivity contribution in [1.29, 1.82) is 0 Å². The molecule has 2 rings (SSSR count). The molecule has 5 heteroatoms. The number of aromatic nitrogens is 3. The summed E-state index contributed by atoms with van der Waals surface area (Å²) in [6, 6.07) is 3.78. The van der Waals surface area contributed by atoms with Crippen molar-refractivity contribution in [2.75, 3.05) is 7.11 Å². The molecular weight excluding hydrogens is 262 g/mol. The minimum Gasteiger partial charge on any atom is -0.481 e. The van der Waals surface area contributed by atoms with Gasteiger partial charge in [-0.25, -0.2) is 15.0 Å². The largest absolute Gasteiger partial charge is 0.481 e. The zero-order chi connectivity index (χ0) is 13.8. The van der Waals surface area contributed by atoms with E-state index in [2.05, 4.69) is 21.9 Å². The molecule has 0 spiro atoms. The van der Waals surface area contributed by atoms with Crippen molar-refractivity contribution in [2.45, 2.75) is 26.7 Å². The Kier molecular flexibility index (Phi) is 4.32. The summed E-state index contributed by atoms with van der Waals surface area (Å²) >= 11 is 6.12. The van der Waals surface area contributed by atoms with Gasteiger partial charge in [0.2, 0.25) is 5.88 Å². The Hall–Kier alpha value is -1.68. The van der Waals surface area contributed by atoms with E-state index in [9.17, 15) is 0 Å². The highest BCUT2D eigenvalue weighted by atomic mass is 35.5. The van der Waals surface area contributed by atoms with Crippen LogP contribution in [0.3, 0.4) is 0 Å². The highest BCUT2D eigenvalue weighted by Gasteiger charge is 2.08. The SMILES string of the molecule is CCc1nc(Cc2ccc(OC)nc2)nc(Cl)c1C. The summed E-state index contributed by atoms with van der Waals surface area (Å²) < 4.78 is 5.03. The van der Waals surface area contributed by atoms with Gasteiger partial charge in [0.05, 0.1) is 7.11 Å². The number of methoxy groups -OCH3 is 1. The van der Waals surface area contributed by atoms with Gasteiger partial charge in [-0.05, 0) is 18.9 Å². The second-order valence-corrected chi connectivity index (χ2v) is 4.60. The van der Waals surface area contributed by atoms with Crippen LogP contribution in [0.4, 0.5) is 0 Å². The van der Waals surface area contributed by atoms with Crippen molar-refractivity contribution in [1.82, 2.24) is 15.0 Å². The Morgan fingerprint density at radius 2 is 2.05 bits per heavy atom. The first-order valence-corrected chi connectivity index (χ1v) is 6.52. The quantitative estimate of drug-likeness (QED) is 0.806. The molecule has 100 valence electrons. The van der Waals surface area contributed by atoms with Crippen LogP contribution in [0, 0.1) is 6.92 Å². The molecule has 0 aliphatic rings. The fourth-order valence-electron chi connectivity index (χ4n) is 1.82. The third-order valence-electron chi connectivity index (χ3n) is 2.94. The lowest BCUT2D eigenvalue weighted by atomic mass is 10.1. The van der Waals surface area contributed by atoms with Gasteiger partial charge in [0.15, 0.2) is 0 Å². The van der Waals surface area contributed by atoms with E-state index in [1.807, 2.05) is 19.1 Å². The molecule has 0 atom stereocenters. The first-order chi connectivity index (χ1) is 9.13. The van der Waals surface area contributed by atoms with Crippen LogP contribution >= 0.6 is 11.6 Å². The molecule has 4 nitrogen and oxygen atoms in total. The lowest BCUT2D eigenvalue weighted by Crippen LogP contribution is -2.04. The minimum absolute atomic E-state index is 0.531. The molecule has 2 aromatic rings. The molecule has 0 saturated carbocycles. The minimum atomic E-state index is 0.531.